The van der Waals surface area contributed by atoms with E-state index in [0.29, 0.717) is 36.2 Å². The number of nitrogens with one attached hydrogen (secondary N) is 2. The number of nitrogens with zero attached hydrogens (tertiary/aromatic N) is 3. The maximum Gasteiger partial charge on any atom is 0.252 e. The quantitative estimate of drug-likeness (QED) is 0.873. The molecule has 7 nitrogen and oxygen atoms in total. The molecule has 3 rings (SSSR count). The summed E-state index contributed by atoms with van der Waals surface area (Å²) in [4.78, 5) is 31.3. The molecule has 0 bridgehead atoms. The van der Waals surface area contributed by atoms with Crippen LogP contribution in [0.15, 0.2) is 16.9 Å². The Morgan fingerprint density at radius 1 is 1.32 bits per heavy atom. The Balaban J connectivity index is 1.80. The number of rotatable bonds is 5. The topological polar surface area (TPSA) is 92.7 Å². The highest BCUT2D eigenvalue weighted by Crippen LogP contribution is 2.26. The van der Waals surface area contributed by atoms with E-state index in [9.17, 15) is 9.59 Å². The standard InChI is InChI=1S/C18H25N5O2/c1-3-14-11-17(25)21-18(19-14)23-15(9-12(2)22-23)20-16(24)10-13-7-5-4-6-8-13/h9,11,13H,3-8,10H2,1-2H3,(H,20,24)(H,19,21,25). The molecule has 0 radical (unpaired) electrons. The number of H-pyrrole nitrogens is 1. The first-order valence-electron chi connectivity index (χ1n) is 9.02. The van der Waals surface area contributed by atoms with Crippen LogP contribution in [-0.4, -0.2) is 25.7 Å². The van der Waals surface area contributed by atoms with Crippen molar-refractivity contribution in [2.24, 2.45) is 5.92 Å². The van der Waals surface area contributed by atoms with Crippen molar-refractivity contribution in [1.82, 2.24) is 19.7 Å². The van der Waals surface area contributed by atoms with Crippen molar-refractivity contribution in [1.29, 1.82) is 0 Å². The molecule has 0 aliphatic heterocycles. The van der Waals surface area contributed by atoms with E-state index in [4.69, 9.17) is 0 Å². The minimum Gasteiger partial charge on any atom is -0.310 e. The molecule has 2 aromatic rings. The second-order valence-corrected chi connectivity index (χ2v) is 6.75. The van der Waals surface area contributed by atoms with E-state index in [1.54, 1.807) is 6.07 Å². The maximum absolute atomic E-state index is 12.4. The average molecular weight is 343 g/mol. The summed E-state index contributed by atoms with van der Waals surface area (Å²) in [5.41, 5.74) is 1.21. The van der Waals surface area contributed by atoms with Gasteiger partial charge in [-0.1, -0.05) is 26.2 Å². The lowest BCUT2D eigenvalue weighted by molar-refractivity contribution is -0.117. The number of hydrogen-bond donors (Lipinski definition) is 2. The number of hydrogen-bond acceptors (Lipinski definition) is 4. The van der Waals surface area contributed by atoms with Crippen LogP contribution in [0.25, 0.3) is 5.95 Å². The third kappa shape index (κ3) is 4.35. The van der Waals surface area contributed by atoms with Gasteiger partial charge in [0.1, 0.15) is 5.82 Å². The van der Waals surface area contributed by atoms with Crippen molar-refractivity contribution >= 4 is 11.7 Å². The molecule has 0 unspecified atom stereocenters. The fraction of sp³-hybridized carbons (Fsp3) is 0.556. The van der Waals surface area contributed by atoms with Crippen LogP contribution in [0.1, 0.15) is 56.8 Å². The van der Waals surface area contributed by atoms with Crippen LogP contribution in [0.4, 0.5) is 5.82 Å². The molecule has 7 heteroatoms. The number of carbonyl (C=O) groups is 1. The summed E-state index contributed by atoms with van der Waals surface area (Å²) in [6.07, 6.45) is 7.13. The zero-order valence-electron chi connectivity index (χ0n) is 14.8. The van der Waals surface area contributed by atoms with Gasteiger partial charge in [-0.15, -0.1) is 0 Å². The average Bonchev–Trinajstić information content (AvgIpc) is 2.95. The molecule has 2 aromatic heterocycles. The summed E-state index contributed by atoms with van der Waals surface area (Å²) in [7, 11) is 0. The summed E-state index contributed by atoms with van der Waals surface area (Å²) >= 11 is 0. The molecule has 1 aliphatic rings. The van der Waals surface area contributed by atoms with Gasteiger partial charge in [-0.2, -0.15) is 9.78 Å². The fourth-order valence-electron chi connectivity index (χ4n) is 3.37. The lowest BCUT2D eigenvalue weighted by atomic mass is 9.87. The van der Waals surface area contributed by atoms with Crippen molar-refractivity contribution in [2.45, 2.75) is 58.8 Å². The highest BCUT2D eigenvalue weighted by molar-refractivity contribution is 5.90. The maximum atomic E-state index is 12.4. The Morgan fingerprint density at radius 3 is 2.80 bits per heavy atom. The van der Waals surface area contributed by atoms with Gasteiger partial charge < -0.3 is 5.32 Å². The number of aromatic amines is 1. The van der Waals surface area contributed by atoms with Gasteiger partial charge >= 0.3 is 0 Å². The van der Waals surface area contributed by atoms with Crippen molar-refractivity contribution in [3.05, 3.63) is 33.9 Å². The Hall–Kier alpha value is -2.44. The van der Waals surface area contributed by atoms with Gasteiger partial charge in [0.25, 0.3) is 5.56 Å². The molecule has 2 N–H and O–H groups in total. The highest BCUT2D eigenvalue weighted by atomic mass is 16.1. The van der Waals surface area contributed by atoms with Gasteiger partial charge in [0.05, 0.1) is 5.69 Å². The van der Waals surface area contributed by atoms with E-state index in [-0.39, 0.29) is 11.5 Å². The molecular weight excluding hydrogens is 318 g/mol. The molecular formula is C18H25N5O2. The largest absolute Gasteiger partial charge is 0.310 e. The second-order valence-electron chi connectivity index (χ2n) is 6.75. The molecule has 25 heavy (non-hydrogen) atoms. The molecule has 1 saturated carbocycles. The first kappa shape index (κ1) is 17.4. The Morgan fingerprint density at radius 2 is 2.08 bits per heavy atom. The van der Waals surface area contributed by atoms with Gasteiger partial charge in [-0.05, 0) is 32.1 Å². The van der Waals surface area contributed by atoms with Crippen LogP contribution >= 0.6 is 0 Å². The predicted molar refractivity (Wildman–Crippen MR) is 95.9 cm³/mol. The summed E-state index contributed by atoms with van der Waals surface area (Å²) in [6.45, 7) is 3.78. The van der Waals surface area contributed by atoms with Gasteiger partial charge in [-0.3, -0.25) is 14.6 Å². The van der Waals surface area contributed by atoms with E-state index in [1.165, 1.54) is 30.0 Å². The summed E-state index contributed by atoms with van der Waals surface area (Å²) in [5, 5.41) is 7.30. The molecule has 0 atom stereocenters. The third-order valence-electron chi connectivity index (χ3n) is 4.64. The van der Waals surface area contributed by atoms with Crippen LogP contribution in [0.5, 0.6) is 0 Å². The van der Waals surface area contributed by atoms with Crippen molar-refractivity contribution in [3.63, 3.8) is 0 Å². The summed E-state index contributed by atoms with van der Waals surface area (Å²) in [6, 6.07) is 3.26. The number of aromatic nitrogens is 4. The number of aryl methyl sites for hydroxylation is 2. The summed E-state index contributed by atoms with van der Waals surface area (Å²) in [5.74, 6) is 1.31. The van der Waals surface area contributed by atoms with Crippen LogP contribution in [0.3, 0.4) is 0 Å². The number of carbonyl (C=O) groups excluding carboxylic acids is 1. The minimum absolute atomic E-state index is 0.0120. The van der Waals surface area contributed by atoms with Crippen LogP contribution in [-0.2, 0) is 11.2 Å². The van der Waals surface area contributed by atoms with E-state index < -0.39 is 0 Å². The molecule has 2 heterocycles. The highest BCUT2D eigenvalue weighted by Gasteiger charge is 2.19. The number of anilines is 1. The Kier molecular flexibility index (Phi) is 5.31. The van der Waals surface area contributed by atoms with Crippen LogP contribution < -0.4 is 10.9 Å². The smallest absolute Gasteiger partial charge is 0.252 e. The van der Waals surface area contributed by atoms with Crippen molar-refractivity contribution in [2.75, 3.05) is 5.32 Å². The van der Waals surface area contributed by atoms with Gasteiger partial charge in [0.2, 0.25) is 11.9 Å². The first-order valence-corrected chi connectivity index (χ1v) is 9.02. The van der Waals surface area contributed by atoms with E-state index in [1.807, 2.05) is 13.8 Å². The Labute approximate surface area is 146 Å². The SMILES string of the molecule is CCc1cc(=O)[nH]c(-n2nc(C)cc2NC(=O)CC2CCCCC2)n1. The molecule has 134 valence electrons. The van der Waals surface area contributed by atoms with E-state index in [2.05, 4.69) is 20.4 Å². The molecule has 0 spiro atoms. The van der Waals surface area contributed by atoms with Gasteiger partial charge in [0.15, 0.2) is 0 Å². The first-order chi connectivity index (χ1) is 12.0. The summed E-state index contributed by atoms with van der Waals surface area (Å²) < 4.78 is 1.49. The molecule has 0 saturated heterocycles. The third-order valence-corrected chi connectivity index (χ3v) is 4.64. The molecule has 1 fully saturated rings. The number of amides is 1. The van der Waals surface area contributed by atoms with Gasteiger partial charge in [0, 0.05) is 24.2 Å². The molecule has 1 aliphatic carbocycles. The zero-order chi connectivity index (χ0) is 17.8. The Bertz CT molecular complexity index is 802. The fourth-order valence-corrected chi connectivity index (χ4v) is 3.37. The van der Waals surface area contributed by atoms with Gasteiger partial charge in [-0.25, -0.2) is 4.98 Å². The minimum atomic E-state index is -0.227. The monoisotopic (exact) mass is 343 g/mol. The van der Waals surface area contributed by atoms with Crippen LogP contribution in [0.2, 0.25) is 0 Å². The lowest BCUT2D eigenvalue weighted by Crippen LogP contribution is -2.21. The second kappa shape index (κ2) is 7.63. The molecule has 1 amide bonds. The predicted octanol–water partition coefficient (Wildman–Crippen LogP) is 2.74. The normalized spacial score (nSPS) is 15.3. The molecule has 0 aromatic carbocycles. The zero-order valence-corrected chi connectivity index (χ0v) is 14.8. The van der Waals surface area contributed by atoms with Crippen molar-refractivity contribution in [3.8, 4) is 5.95 Å². The van der Waals surface area contributed by atoms with E-state index in [0.717, 1.165) is 18.5 Å². The van der Waals surface area contributed by atoms with Crippen molar-refractivity contribution < 1.29 is 4.79 Å². The lowest BCUT2D eigenvalue weighted by Gasteiger charge is -2.20. The van der Waals surface area contributed by atoms with E-state index >= 15 is 0 Å². The van der Waals surface area contributed by atoms with Crippen LogP contribution in [0, 0.1) is 12.8 Å².